The van der Waals surface area contributed by atoms with Crippen LogP contribution < -0.4 is 5.32 Å². The molecule has 0 aliphatic carbocycles. The number of hydrogen-bond acceptors (Lipinski definition) is 4. The number of aromatic nitrogens is 2. The summed E-state index contributed by atoms with van der Waals surface area (Å²) in [6.45, 7) is 0.765. The highest BCUT2D eigenvalue weighted by Crippen LogP contribution is 2.26. The molecular weight excluding hydrogens is 286 g/mol. The summed E-state index contributed by atoms with van der Waals surface area (Å²) in [4.78, 5) is 2.48. The Bertz CT molecular complexity index is 674. The van der Waals surface area contributed by atoms with Crippen LogP contribution in [0.5, 0.6) is 0 Å². The van der Waals surface area contributed by atoms with Crippen LogP contribution in [-0.4, -0.2) is 16.5 Å². The second kappa shape index (κ2) is 6.15. The summed E-state index contributed by atoms with van der Waals surface area (Å²) in [6.07, 6.45) is 3.98. The van der Waals surface area contributed by atoms with Gasteiger partial charge in [0.05, 0.1) is 16.8 Å². The van der Waals surface area contributed by atoms with Gasteiger partial charge in [-0.2, -0.15) is 5.10 Å². The summed E-state index contributed by atoms with van der Waals surface area (Å²) < 4.78 is 0. The predicted molar refractivity (Wildman–Crippen MR) is 87.5 cm³/mol. The molecule has 20 heavy (non-hydrogen) atoms. The minimum atomic E-state index is 0.765. The lowest BCUT2D eigenvalue weighted by molar-refractivity contribution is 1.10. The van der Waals surface area contributed by atoms with Crippen LogP contribution in [0.2, 0.25) is 0 Å². The molecule has 5 heteroatoms. The maximum absolute atomic E-state index is 4.16. The summed E-state index contributed by atoms with van der Waals surface area (Å²) in [5.74, 6) is 0. The van der Waals surface area contributed by atoms with Crippen LogP contribution in [0.1, 0.15) is 5.56 Å². The van der Waals surface area contributed by atoms with E-state index in [0.717, 1.165) is 17.9 Å². The number of anilines is 1. The smallest absolute Gasteiger partial charge is 0.0799 e. The van der Waals surface area contributed by atoms with Crippen molar-refractivity contribution < 1.29 is 0 Å². The molecule has 2 heterocycles. The average Bonchev–Trinajstić information content (AvgIpc) is 3.16. The normalized spacial score (nSPS) is 10.7. The fourth-order valence-electron chi connectivity index (χ4n) is 2.01. The second-order valence-electron chi connectivity index (χ2n) is 4.33. The van der Waals surface area contributed by atoms with E-state index in [1.54, 1.807) is 23.1 Å². The minimum absolute atomic E-state index is 0.765. The van der Waals surface area contributed by atoms with Crippen LogP contribution in [0.25, 0.3) is 10.6 Å². The molecule has 1 aromatic carbocycles. The van der Waals surface area contributed by atoms with Crippen molar-refractivity contribution in [2.45, 2.75) is 11.4 Å². The fourth-order valence-corrected chi connectivity index (χ4v) is 3.22. The second-order valence-corrected chi connectivity index (χ2v) is 6.16. The Hall–Kier alpha value is -1.72. The number of rotatable bonds is 5. The van der Waals surface area contributed by atoms with E-state index in [0.29, 0.717) is 0 Å². The molecule has 2 N–H and O–H groups in total. The predicted octanol–water partition coefficient (Wildman–Crippen LogP) is 4.47. The highest BCUT2D eigenvalue weighted by atomic mass is 32.2. The molecule has 0 spiro atoms. The summed E-state index contributed by atoms with van der Waals surface area (Å²) in [5.41, 5.74) is 3.42. The fraction of sp³-hybridized carbons (Fsp3) is 0.133. The Morgan fingerprint density at radius 1 is 1.30 bits per heavy atom. The number of hydrogen-bond donors (Lipinski definition) is 2. The molecule has 3 rings (SSSR count). The standard InChI is InChI=1S/C15H15N3S2/c1-19-13-5-2-4-12(8-13)16-9-11-10-17-18-15(11)14-6-3-7-20-14/h2-8,10,16H,9H2,1H3,(H,17,18). The Labute approximate surface area is 126 Å². The van der Waals surface area contributed by atoms with Crippen molar-refractivity contribution in [3.63, 3.8) is 0 Å². The van der Waals surface area contributed by atoms with Gasteiger partial charge in [-0.05, 0) is 35.9 Å². The Kier molecular flexibility index (Phi) is 4.08. The number of nitrogens with zero attached hydrogens (tertiary/aromatic N) is 1. The van der Waals surface area contributed by atoms with E-state index in [4.69, 9.17) is 0 Å². The third-order valence-corrected chi connectivity index (χ3v) is 4.65. The van der Waals surface area contributed by atoms with Crippen LogP contribution >= 0.6 is 23.1 Å². The summed E-state index contributed by atoms with van der Waals surface area (Å²) in [7, 11) is 0. The van der Waals surface area contributed by atoms with Crippen LogP contribution in [-0.2, 0) is 6.54 Å². The molecule has 3 nitrogen and oxygen atoms in total. The van der Waals surface area contributed by atoms with E-state index in [2.05, 4.69) is 63.5 Å². The Morgan fingerprint density at radius 2 is 2.25 bits per heavy atom. The molecule has 3 aromatic rings. The molecule has 102 valence electrons. The van der Waals surface area contributed by atoms with Crippen LogP contribution in [0.15, 0.2) is 52.9 Å². The molecule has 0 saturated heterocycles. The lowest BCUT2D eigenvalue weighted by Crippen LogP contribution is -1.99. The van der Waals surface area contributed by atoms with Crippen molar-refractivity contribution in [1.82, 2.24) is 10.2 Å². The number of thioether (sulfide) groups is 1. The van der Waals surface area contributed by atoms with Crippen LogP contribution in [0.4, 0.5) is 5.69 Å². The van der Waals surface area contributed by atoms with Gasteiger partial charge < -0.3 is 5.32 Å². The average molecular weight is 301 g/mol. The number of benzene rings is 1. The third kappa shape index (κ3) is 2.89. The van der Waals surface area contributed by atoms with Gasteiger partial charge in [0.1, 0.15) is 0 Å². The van der Waals surface area contributed by atoms with Crippen LogP contribution in [0.3, 0.4) is 0 Å². The Morgan fingerprint density at radius 3 is 3.05 bits per heavy atom. The van der Waals surface area contributed by atoms with Gasteiger partial charge in [-0.1, -0.05) is 12.1 Å². The molecule has 0 aliphatic rings. The monoisotopic (exact) mass is 301 g/mol. The quantitative estimate of drug-likeness (QED) is 0.683. The van der Waals surface area contributed by atoms with Gasteiger partial charge in [0.2, 0.25) is 0 Å². The zero-order valence-corrected chi connectivity index (χ0v) is 12.7. The number of H-pyrrole nitrogens is 1. The van der Waals surface area contributed by atoms with Crippen molar-refractivity contribution >= 4 is 28.8 Å². The van der Waals surface area contributed by atoms with Gasteiger partial charge in [0, 0.05) is 22.7 Å². The van der Waals surface area contributed by atoms with E-state index in [-0.39, 0.29) is 0 Å². The van der Waals surface area contributed by atoms with Crippen molar-refractivity contribution in [2.24, 2.45) is 0 Å². The first-order valence-corrected chi connectivity index (χ1v) is 8.41. The number of thiophene rings is 1. The number of aromatic amines is 1. The molecule has 0 radical (unpaired) electrons. The van der Waals surface area contributed by atoms with Crippen molar-refractivity contribution in [1.29, 1.82) is 0 Å². The summed E-state index contributed by atoms with van der Waals surface area (Å²) in [5, 5.41) is 12.8. The molecule has 0 amide bonds. The molecule has 2 aromatic heterocycles. The molecule has 0 bridgehead atoms. The summed E-state index contributed by atoms with van der Waals surface area (Å²) >= 11 is 3.47. The first-order chi connectivity index (χ1) is 9.86. The van der Waals surface area contributed by atoms with Gasteiger partial charge in [-0.3, -0.25) is 5.10 Å². The van der Waals surface area contributed by atoms with E-state index >= 15 is 0 Å². The SMILES string of the molecule is CSc1cccc(NCc2cn[nH]c2-c2cccs2)c1. The van der Waals surface area contributed by atoms with E-state index in [9.17, 15) is 0 Å². The third-order valence-electron chi connectivity index (χ3n) is 3.04. The highest BCUT2D eigenvalue weighted by Gasteiger charge is 2.08. The highest BCUT2D eigenvalue weighted by molar-refractivity contribution is 7.98. The van der Waals surface area contributed by atoms with E-state index < -0.39 is 0 Å². The molecule has 0 unspecified atom stereocenters. The molecular formula is C15H15N3S2. The van der Waals surface area contributed by atoms with Gasteiger partial charge >= 0.3 is 0 Å². The van der Waals surface area contributed by atoms with Crippen molar-refractivity contribution in [3.05, 3.63) is 53.5 Å². The number of nitrogens with one attached hydrogen (secondary N) is 2. The van der Waals surface area contributed by atoms with Crippen molar-refractivity contribution in [3.8, 4) is 10.6 Å². The first kappa shape index (κ1) is 13.3. The van der Waals surface area contributed by atoms with Crippen molar-refractivity contribution in [2.75, 3.05) is 11.6 Å². The minimum Gasteiger partial charge on any atom is -0.381 e. The maximum Gasteiger partial charge on any atom is 0.0799 e. The maximum atomic E-state index is 4.16. The van der Waals surface area contributed by atoms with E-state index in [1.165, 1.54) is 15.3 Å². The van der Waals surface area contributed by atoms with Gasteiger partial charge in [-0.15, -0.1) is 23.1 Å². The zero-order valence-electron chi connectivity index (χ0n) is 11.1. The van der Waals surface area contributed by atoms with Crippen LogP contribution in [0, 0.1) is 0 Å². The Balaban J connectivity index is 1.74. The molecule has 0 fully saturated rings. The lowest BCUT2D eigenvalue weighted by Gasteiger charge is -2.07. The van der Waals surface area contributed by atoms with E-state index in [1.807, 2.05) is 6.20 Å². The first-order valence-electron chi connectivity index (χ1n) is 6.31. The zero-order chi connectivity index (χ0) is 13.8. The topological polar surface area (TPSA) is 40.7 Å². The van der Waals surface area contributed by atoms with Gasteiger partial charge in [-0.25, -0.2) is 0 Å². The molecule has 0 atom stereocenters. The molecule has 0 saturated carbocycles. The molecule has 0 aliphatic heterocycles. The largest absolute Gasteiger partial charge is 0.381 e. The van der Waals surface area contributed by atoms with Gasteiger partial charge in [0.15, 0.2) is 0 Å². The lowest BCUT2D eigenvalue weighted by atomic mass is 10.2. The summed E-state index contributed by atoms with van der Waals surface area (Å²) in [6, 6.07) is 12.6. The van der Waals surface area contributed by atoms with Gasteiger partial charge in [0.25, 0.3) is 0 Å².